The number of aromatic nitrogens is 2. The molecule has 18 heavy (non-hydrogen) atoms. The van der Waals surface area contributed by atoms with Gasteiger partial charge in [-0.05, 0) is 24.6 Å². The number of benzene rings is 1. The Kier molecular flexibility index (Phi) is 3.96. The van der Waals surface area contributed by atoms with Crippen LogP contribution < -0.4 is 15.8 Å². The lowest BCUT2D eigenvalue weighted by molar-refractivity contribution is 0.340. The minimum Gasteiger partial charge on any atom is -0.494 e. The summed E-state index contributed by atoms with van der Waals surface area (Å²) in [5, 5.41) is 3.16. The van der Waals surface area contributed by atoms with Gasteiger partial charge in [0.2, 0.25) is 0 Å². The third kappa shape index (κ3) is 3.35. The summed E-state index contributed by atoms with van der Waals surface area (Å²) in [5.41, 5.74) is 6.67. The Hall–Kier alpha value is -2.30. The van der Waals surface area contributed by atoms with Crippen molar-refractivity contribution in [3.63, 3.8) is 0 Å². The molecule has 0 unspecified atom stereocenters. The Bertz CT molecular complexity index is 516. The van der Waals surface area contributed by atoms with E-state index in [-0.39, 0.29) is 0 Å². The van der Waals surface area contributed by atoms with Gasteiger partial charge in [0.25, 0.3) is 0 Å². The molecule has 1 heterocycles. The van der Waals surface area contributed by atoms with Crippen LogP contribution >= 0.6 is 0 Å². The van der Waals surface area contributed by atoms with E-state index in [1.165, 1.54) is 6.20 Å². The third-order valence-corrected chi connectivity index (χ3v) is 2.34. The average molecular weight is 244 g/mol. The maximum Gasteiger partial charge on any atom is 0.147 e. The largest absolute Gasteiger partial charge is 0.494 e. The van der Waals surface area contributed by atoms with Crippen LogP contribution in [-0.2, 0) is 6.54 Å². The standard InChI is InChI=1S/C13H16N4O/c1-2-18-11-5-3-4-10(6-11)7-16-13-9-15-8-12(14)17-13/h3-6,8-9H,2,7H2,1H3,(H3,14,16,17). The van der Waals surface area contributed by atoms with E-state index >= 15 is 0 Å². The Labute approximate surface area is 106 Å². The molecule has 0 aliphatic carbocycles. The van der Waals surface area contributed by atoms with E-state index in [0.717, 1.165) is 11.3 Å². The minimum atomic E-state index is 0.406. The van der Waals surface area contributed by atoms with E-state index in [1.54, 1.807) is 6.20 Å². The van der Waals surface area contributed by atoms with Crippen LogP contribution in [0.4, 0.5) is 11.6 Å². The van der Waals surface area contributed by atoms with Crippen LogP contribution in [0.1, 0.15) is 12.5 Å². The molecular weight excluding hydrogens is 228 g/mol. The summed E-state index contributed by atoms with van der Waals surface area (Å²) in [7, 11) is 0. The van der Waals surface area contributed by atoms with Crippen molar-refractivity contribution in [1.29, 1.82) is 0 Å². The van der Waals surface area contributed by atoms with E-state index in [4.69, 9.17) is 10.5 Å². The number of nitrogen functional groups attached to an aromatic ring is 1. The van der Waals surface area contributed by atoms with Gasteiger partial charge < -0.3 is 15.8 Å². The zero-order chi connectivity index (χ0) is 12.8. The maximum atomic E-state index is 5.56. The number of anilines is 2. The Morgan fingerprint density at radius 1 is 1.33 bits per heavy atom. The van der Waals surface area contributed by atoms with Crippen LogP contribution in [0.5, 0.6) is 5.75 Å². The Balaban J connectivity index is 1.99. The molecule has 0 fully saturated rings. The molecule has 0 aliphatic heterocycles. The van der Waals surface area contributed by atoms with Crippen molar-refractivity contribution in [1.82, 2.24) is 9.97 Å². The molecule has 94 valence electrons. The molecule has 0 bridgehead atoms. The molecule has 2 aromatic rings. The van der Waals surface area contributed by atoms with Gasteiger partial charge in [-0.3, -0.25) is 4.98 Å². The molecule has 5 nitrogen and oxygen atoms in total. The number of nitrogens with one attached hydrogen (secondary N) is 1. The zero-order valence-electron chi connectivity index (χ0n) is 10.3. The minimum absolute atomic E-state index is 0.406. The van der Waals surface area contributed by atoms with Crippen molar-refractivity contribution in [2.45, 2.75) is 13.5 Å². The third-order valence-electron chi connectivity index (χ3n) is 2.34. The van der Waals surface area contributed by atoms with Crippen molar-refractivity contribution in [2.24, 2.45) is 0 Å². The molecule has 0 atom stereocenters. The second kappa shape index (κ2) is 5.86. The van der Waals surface area contributed by atoms with Crippen LogP contribution in [0, 0.1) is 0 Å². The van der Waals surface area contributed by atoms with Gasteiger partial charge in [-0.15, -0.1) is 0 Å². The van der Waals surface area contributed by atoms with Gasteiger partial charge in [-0.25, -0.2) is 4.98 Å². The summed E-state index contributed by atoms with van der Waals surface area (Å²) in [6.45, 7) is 3.28. The Morgan fingerprint density at radius 2 is 2.22 bits per heavy atom. The molecular formula is C13H16N4O. The maximum absolute atomic E-state index is 5.56. The predicted molar refractivity (Wildman–Crippen MR) is 71.4 cm³/mol. The molecule has 0 saturated carbocycles. The number of hydrogen-bond acceptors (Lipinski definition) is 5. The summed E-state index contributed by atoms with van der Waals surface area (Å²) in [6, 6.07) is 7.92. The van der Waals surface area contributed by atoms with Crippen LogP contribution in [-0.4, -0.2) is 16.6 Å². The highest BCUT2D eigenvalue weighted by Gasteiger charge is 1.98. The highest BCUT2D eigenvalue weighted by Crippen LogP contribution is 2.14. The summed E-state index contributed by atoms with van der Waals surface area (Å²) >= 11 is 0. The number of nitrogens with two attached hydrogens (primary N) is 1. The number of rotatable bonds is 5. The summed E-state index contributed by atoms with van der Waals surface area (Å²) in [5.74, 6) is 1.94. The molecule has 5 heteroatoms. The zero-order valence-corrected chi connectivity index (χ0v) is 10.3. The molecule has 1 aromatic carbocycles. The first-order chi connectivity index (χ1) is 8.78. The second-order valence-corrected chi connectivity index (χ2v) is 3.76. The molecule has 0 spiro atoms. The summed E-state index contributed by atoms with van der Waals surface area (Å²) in [6.07, 6.45) is 3.16. The molecule has 2 rings (SSSR count). The smallest absolute Gasteiger partial charge is 0.147 e. The van der Waals surface area contributed by atoms with Gasteiger partial charge in [0, 0.05) is 6.54 Å². The molecule has 0 saturated heterocycles. The highest BCUT2D eigenvalue weighted by atomic mass is 16.5. The van der Waals surface area contributed by atoms with Crippen molar-refractivity contribution in [3.8, 4) is 5.75 Å². The topological polar surface area (TPSA) is 73.1 Å². The first-order valence-electron chi connectivity index (χ1n) is 5.81. The van der Waals surface area contributed by atoms with Gasteiger partial charge >= 0.3 is 0 Å². The summed E-state index contributed by atoms with van der Waals surface area (Å²) in [4.78, 5) is 8.09. The molecule has 0 radical (unpaired) electrons. The fraction of sp³-hybridized carbons (Fsp3) is 0.231. The van der Waals surface area contributed by atoms with E-state index in [0.29, 0.717) is 24.8 Å². The van der Waals surface area contributed by atoms with Crippen LogP contribution in [0.15, 0.2) is 36.7 Å². The van der Waals surface area contributed by atoms with Crippen molar-refractivity contribution >= 4 is 11.6 Å². The highest BCUT2D eigenvalue weighted by molar-refractivity contribution is 5.39. The number of ether oxygens (including phenoxy) is 1. The number of hydrogen-bond donors (Lipinski definition) is 2. The fourth-order valence-corrected chi connectivity index (χ4v) is 1.57. The quantitative estimate of drug-likeness (QED) is 0.842. The summed E-state index contributed by atoms with van der Waals surface area (Å²) < 4.78 is 5.44. The van der Waals surface area contributed by atoms with Gasteiger partial charge in [0.05, 0.1) is 19.0 Å². The fourth-order valence-electron chi connectivity index (χ4n) is 1.57. The van der Waals surface area contributed by atoms with Gasteiger partial charge in [0.1, 0.15) is 17.4 Å². The van der Waals surface area contributed by atoms with Crippen molar-refractivity contribution < 1.29 is 4.74 Å². The average Bonchev–Trinajstić information content (AvgIpc) is 2.37. The lowest BCUT2D eigenvalue weighted by Crippen LogP contribution is -2.03. The van der Waals surface area contributed by atoms with Crippen LogP contribution in [0.25, 0.3) is 0 Å². The van der Waals surface area contributed by atoms with Crippen LogP contribution in [0.2, 0.25) is 0 Å². The van der Waals surface area contributed by atoms with E-state index in [1.807, 2.05) is 31.2 Å². The lowest BCUT2D eigenvalue weighted by atomic mass is 10.2. The molecule has 0 aliphatic rings. The number of nitrogens with zero attached hydrogens (tertiary/aromatic N) is 2. The normalized spacial score (nSPS) is 10.1. The molecule has 0 amide bonds. The predicted octanol–water partition coefficient (Wildman–Crippen LogP) is 2.07. The van der Waals surface area contributed by atoms with E-state index < -0.39 is 0 Å². The van der Waals surface area contributed by atoms with Crippen molar-refractivity contribution in [2.75, 3.05) is 17.7 Å². The van der Waals surface area contributed by atoms with E-state index in [9.17, 15) is 0 Å². The first kappa shape index (κ1) is 12.2. The first-order valence-corrected chi connectivity index (χ1v) is 5.81. The van der Waals surface area contributed by atoms with E-state index in [2.05, 4.69) is 15.3 Å². The van der Waals surface area contributed by atoms with Crippen molar-refractivity contribution in [3.05, 3.63) is 42.2 Å². The second-order valence-electron chi connectivity index (χ2n) is 3.76. The Morgan fingerprint density at radius 3 is 3.00 bits per heavy atom. The van der Waals surface area contributed by atoms with Crippen LogP contribution in [0.3, 0.4) is 0 Å². The monoisotopic (exact) mass is 244 g/mol. The molecule has 3 N–H and O–H groups in total. The van der Waals surface area contributed by atoms with Gasteiger partial charge in [-0.1, -0.05) is 12.1 Å². The van der Waals surface area contributed by atoms with Gasteiger partial charge in [0.15, 0.2) is 0 Å². The SMILES string of the molecule is CCOc1cccc(CNc2cncc(N)n2)c1. The lowest BCUT2D eigenvalue weighted by Gasteiger charge is -2.08. The molecule has 1 aromatic heterocycles. The van der Waals surface area contributed by atoms with Gasteiger partial charge in [-0.2, -0.15) is 0 Å².